The number of likely N-dealkylation sites (tertiary alicyclic amines) is 1. The molecule has 2 N–H and O–H groups in total. The molecule has 1 saturated heterocycles. The fourth-order valence-electron chi connectivity index (χ4n) is 2.13. The van der Waals surface area contributed by atoms with Crippen molar-refractivity contribution in [3.63, 3.8) is 0 Å². The van der Waals surface area contributed by atoms with E-state index in [-0.39, 0.29) is 6.61 Å². The molecule has 3 nitrogen and oxygen atoms in total. The summed E-state index contributed by atoms with van der Waals surface area (Å²) in [5, 5.41) is 19.3. The molecule has 0 aliphatic carbocycles. The Morgan fingerprint density at radius 1 is 1.27 bits per heavy atom. The standard InChI is InChI=1S/C12H17NO2/c14-10-12(15)7-4-8-13(12)9-11-5-2-1-3-6-11/h1-3,5-6,14-15H,4,7-10H2. The van der Waals surface area contributed by atoms with E-state index in [1.54, 1.807) is 0 Å². The highest BCUT2D eigenvalue weighted by atomic mass is 16.4. The van der Waals surface area contributed by atoms with E-state index in [4.69, 9.17) is 0 Å². The minimum absolute atomic E-state index is 0.181. The zero-order valence-corrected chi connectivity index (χ0v) is 8.76. The van der Waals surface area contributed by atoms with Gasteiger partial charge in [-0.15, -0.1) is 0 Å². The maximum atomic E-state index is 10.1. The van der Waals surface area contributed by atoms with Crippen LogP contribution in [0.3, 0.4) is 0 Å². The molecule has 15 heavy (non-hydrogen) atoms. The van der Waals surface area contributed by atoms with Crippen molar-refractivity contribution in [2.24, 2.45) is 0 Å². The van der Waals surface area contributed by atoms with Gasteiger partial charge in [0.15, 0.2) is 0 Å². The summed E-state index contributed by atoms with van der Waals surface area (Å²) in [7, 11) is 0. The number of nitrogens with zero attached hydrogens (tertiary/aromatic N) is 1. The van der Waals surface area contributed by atoms with Crippen LogP contribution in [-0.2, 0) is 6.54 Å². The van der Waals surface area contributed by atoms with Gasteiger partial charge in [-0.05, 0) is 18.4 Å². The van der Waals surface area contributed by atoms with Crippen LogP contribution >= 0.6 is 0 Å². The van der Waals surface area contributed by atoms with Gasteiger partial charge in [0.05, 0.1) is 6.61 Å². The monoisotopic (exact) mass is 207 g/mol. The zero-order chi connectivity index (χ0) is 10.7. The predicted octanol–water partition coefficient (Wildman–Crippen LogP) is 0.963. The Kier molecular flexibility index (Phi) is 3.05. The number of rotatable bonds is 3. The Morgan fingerprint density at radius 3 is 2.67 bits per heavy atom. The SMILES string of the molecule is OCC1(O)CCCN1Cc1ccccc1. The van der Waals surface area contributed by atoms with Gasteiger partial charge >= 0.3 is 0 Å². The highest BCUT2D eigenvalue weighted by Gasteiger charge is 2.37. The van der Waals surface area contributed by atoms with Gasteiger partial charge < -0.3 is 10.2 Å². The van der Waals surface area contributed by atoms with E-state index in [0.717, 1.165) is 13.0 Å². The average molecular weight is 207 g/mol. The second-order valence-corrected chi connectivity index (χ2v) is 4.15. The number of hydrogen-bond acceptors (Lipinski definition) is 3. The lowest BCUT2D eigenvalue weighted by Crippen LogP contribution is -2.46. The topological polar surface area (TPSA) is 43.7 Å². The molecule has 0 aromatic heterocycles. The van der Waals surface area contributed by atoms with E-state index in [9.17, 15) is 10.2 Å². The fraction of sp³-hybridized carbons (Fsp3) is 0.500. The van der Waals surface area contributed by atoms with Crippen molar-refractivity contribution in [2.75, 3.05) is 13.2 Å². The molecule has 0 bridgehead atoms. The molecule has 1 aliphatic heterocycles. The highest BCUT2D eigenvalue weighted by molar-refractivity contribution is 5.15. The van der Waals surface area contributed by atoms with Gasteiger partial charge in [-0.25, -0.2) is 0 Å². The Bertz CT molecular complexity index is 315. The van der Waals surface area contributed by atoms with E-state index in [1.807, 2.05) is 35.2 Å². The third-order valence-corrected chi connectivity index (χ3v) is 3.06. The predicted molar refractivity (Wildman–Crippen MR) is 58.1 cm³/mol. The molecule has 0 radical (unpaired) electrons. The van der Waals surface area contributed by atoms with E-state index >= 15 is 0 Å². The van der Waals surface area contributed by atoms with E-state index in [0.29, 0.717) is 13.0 Å². The number of aliphatic hydroxyl groups is 2. The van der Waals surface area contributed by atoms with Crippen molar-refractivity contribution in [1.29, 1.82) is 0 Å². The summed E-state index contributed by atoms with van der Waals surface area (Å²) in [5.41, 5.74) is 0.168. The van der Waals surface area contributed by atoms with Gasteiger partial charge in [0.1, 0.15) is 5.72 Å². The molecular formula is C12H17NO2. The van der Waals surface area contributed by atoms with Crippen LogP contribution < -0.4 is 0 Å². The summed E-state index contributed by atoms with van der Waals surface area (Å²) in [6.45, 7) is 1.38. The van der Waals surface area contributed by atoms with Crippen molar-refractivity contribution in [3.05, 3.63) is 35.9 Å². The van der Waals surface area contributed by atoms with Crippen molar-refractivity contribution in [2.45, 2.75) is 25.1 Å². The summed E-state index contributed by atoms with van der Waals surface area (Å²) >= 11 is 0. The quantitative estimate of drug-likeness (QED) is 0.776. The van der Waals surface area contributed by atoms with E-state index in [2.05, 4.69) is 0 Å². The molecule has 0 spiro atoms. The molecule has 1 fully saturated rings. The molecule has 3 heteroatoms. The lowest BCUT2D eigenvalue weighted by molar-refractivity contribution is -0.118. The lowest BCUT2D eigenvalue weighted by Gasteiger charge is -2.31. The molecule has 1 aliphatic rings. The second kappa shape index (κ2) is 4.31. The molecule has 1 unspecified atom stereocenters. The molecule has 0 saturated carbocycles. The lowest BCUT2D eigenvalue weighted by atomic mass is 10.1. The number of benzene rings is 1. The average Bonchev–Trinajstić information content (AvgIpc) is 2.63. The van der Waals surface area contributed by atoms with Crippen LogP contribution in [0.2, 0.25) is 0 Å². The highest BCUT2D eigenvalue weighted by Crippen LogP contribution is 2.27. The maximum Gasteiger partial charge on any atom is 0.142 e. The third-order valence-electron chi connectivity index (χ3n) is 3.06. The summed E-state index contributed by atoms with van der Waals surface area (Å²) < 4.78 is 0. The van der Waals surface area contributed by atoms with Crippen molar-refractivity contribution >= 4 is 0 Å². The largest absolute Gasteiger partial charge is 0.392 e. The Hall–Kier alpha value is -0.900. The molecule has 1 aromatic rings. The molecule has 1 heterocycles. The summed E-state index contributed by atoms with van der Waals surface area (Å²) in [6.07, 6.45) is 1.61. The molecule has 1 atom stereocenters. The first kappa shape index (κ1) is 10.6. The Balaban J connectivity index is 2.06. The van der Waals surface area contributed by atoms with Crippen LogP contribution in [-0.4, -0.2) is 34.0 Å². The smallest absolute Gasteiger partial charge is 0.142 e. The molecule has 1 aromatic carbocycles. The van der Waals surface area contributed by atoms with Gasteiger partial charge in [0, 0.05) is 13.1 Å². The van der Waals surface area contributed by atoms with Crippen molar-refractivity contribution < 1.29 is 10.2 Å². The van der Waals surface area contributed by atoms with Crippen LogP contribution in [0.4, 0.5) is 0 Å². The molecular weight excluding hydrogens is 190 g/mol. The van der Waals surface area contributed by atoms with Crippen LogP contribution in [0.1, 0.15) is 18.4 Å². The zero-order valence-electron chi connectivity index (χ0n) is 8.76. The van der Waals surface area contributed by atoms with Gasteiger partial charge in [-0.2, -0.15) is 0 Å². The minimum Gasteiger partial charge on any atom is -0.392 e. The van der Waals surface area contributed by atoms with Crippen molar-refractivity contribution in [1.82, 2.24) is 4.90 Å². The number of aliphatic hydroxyl groups excluding tert-OH is 1. The van der Waals surface area contributed by atoms with Crippen LogP contribution in [0, 0.1) is 0 Å². The second-order valence-electron chi connectivity index (χ2n) is 4.15. The van der Waals surface area contributed by atoms with Crippen LogP contribution in [0.15, 0.2) is 30.3 Å². The summed E-state index contributed by atoms with van der Waals surface area (Å²) in [5.74, 6) is 0. The van der Waals surface area contributed by atoms with Gasteiger partial charge in [-0.1, -0.05) is 30.3 Å². The molecule has 2 rings (SSSR count). The van der Waals surface area contributed by atoms with Crippen LogP contribution in [0.5, 0.6) is 0 Å². The van der Waals surface area contributed by atoms with Gasteiger partial charge in [-0.3, -0.25) is 4.90 Å². The normalized spacial score (nSPS) is 27.1. The Labute approximate surface area is 90.0 Å². The van der Waals surface area contributed by atoms with E-state index in [1.165, 1.54) is 5.56 Å². The fourth-order valence-corrected chi connectivity index (χ4v) is 2.13. The first-order chi connectivity index (χ1) is 7.24. The van der Waals surface area contributed by atoms with Crippen molar-refractivity contribution in [3.8, 4) is 0 Å². The van der Waals surface area contributed by atoms with Gasteiger partial charge in [0.25, 0.3) is 0 Å². The summed E-state index contributed by atoms with van der Waals surface area (Å²) in [4.78, 5) is 1.95. The van der Waals surface area contributed by atoms with E-state index < -0.39 is 5.72 Å². The molecule has 82 valence electrons. The Morgan fingerprint density at radius 2 is 2.00 bits per heavy atom. The van der Waals surface area contributed by atoms with Crippen LogP contribution in [0.25, 0.3) is 0 Å². The summed E-state index contributed by atoms with van der Waals surface area (Å²) in [6, 6.07) is 10.0. The van der Waals surface area contributed by atoms with Gasteiger partial charge in [0.2, 0.25) is 0 Å². The first-order valence-corrected chi connectivity index (χ1v) is 5.37. The molecule has 0 amide bonds. The maximum absolute atomic E-state index is 10.1. The third kappa shape index (κ3) is 2.20. The first-order valence-electron chi connectivity index (χ1n) is 5.37. The number of hydrogen-bond donors (Lipinski definition) is 2. The minimum atomic E-state index is -1.00.